The quantitative estimate of drug-likeness (QED) is 0.374. The van der Waals surface area contributed by atoms with E-state index in [1.807, 2.05) is 0 Å². The van der Waals surface area contributed by atoms with Crippen molar-refractivity contribution in [3.8, 4) is 0 Å². The summed E-state index contributed by atoms with van der Waals surface area (Å²) in [4.78, 5) is 0. The zero-order valence-electron chi connectivity index (χ0n) is 10.0. The molecule has 3 nitrogen and oxygen atoms in total. The number of nitrogens with one attached hydrogen (secondary N) is 2. The topological polar surface area (TPSA) is 36.4 Å². The van der Waals surface area contributed by atoms with Crippen LogP contribution in [0.2, 0.25) is 0 Å². The largest absolute Gasteiger partial charge is 0.361 e. The Labute approximate surface area is 110 Å². The Morgan fingerprint density at radius 3 is 2.67 bits per heavy atom. The van der Waals surface area contributed by atoms with Gasteiger partial charge in [-0.25, -0.2) is 8.78 Å². The van der Waals surface area contributed by atoms with Crippen LogP contribution in [0.1, 0.15) is 25.3 Å². The third kappa shape index (κ3) is 4.75. The summed E-state index contributed by atoms with van der Waals surface area (Å²) in [7, 11) is 0. The first-order valence-corrected chi connectivity index (χ1v) is 6.07. The van der Waals surface area contributed by atoms with Crippen molar-refractivity contribution < 1.29 is 8.78 Å². The van der Waals surface area contributed by atoms with E-state index >= 15 is 0 Å². The maximum Gasteiger partial charge on any atom is 0.186 e. The van der Waals surface area contributed by atoms with Crippen LogP contribution in [0.25, 0.3) is 0 Å². The summed E-state index contributed by atoms with van der Waals surface area (Å²) in [5.74, 6) is -1.32. The highest BCUT2D eigenvalue weighted by Crippen LogP contribution is 2.08. The van der Waals surface area contributed by atoms with Crippen LogP contribution < -0.4 is 10.7 Å². The summed E-state index contributed by atoms with van der Waals surface area (Å²) in [5.41, 5.74) is 2.31. The molecule has 18 heavy (non-hydrogen) atoms. The Kier molecular flexibility index (Phi) is 6.21. The average Bonchev–Trinajstić information content (AvgIpc) is 2.33. The van der Waals surface area contributed by atoms with Gasteiger partial charge in [0.05, 0.1) is 11.8 Å². The van der Waals surface area contributed by atoms with Crippen LogP contribution in [0.4, 0.5) is 8.78 Å². The monoisotopic (exact) mass is 271 g/mol. The fourth-order valence-electron chi connectivity index (χ4n) is 1.21. The molecule has 0 atom stereocenters. The number of halogens is 2. The molecule has 0 aromatic heterocycles. The van der Waals surface area contributed by atoms with Crippen molar-refractivity contribution >= 4 is 23.5 Å². The summed E-state index contributed by atoms with van der Waals surface area (Å²) in [6.07, 6.45) is 3.12. The molecule has 2 N–H and O–H groups in total. The SMILES string of the molecule is CCCCNC(=S)N/N=C\c1c(F)cccc1F. The minimum atomic E-state index is -0.662. The molecule has 0 bridgehead atoms. The summed E-state index contributed by atoms with van der Waals surface area (Å²) in [5, 5.41) is 6.93. The standard InChI is InChI=1S/C12H15F2N3S/c1-2-3-7-15-12(18)17-16-8-9-10(13)5-4-6-11(9)14/h4-6,8H,2-3,7H2,1H3,(H2,15,17,18)/b16-8-. The Morgan fingerprint density at radius 1 is 1.39 bits per heavy atom. The van der Waals surface area contributed by atoms with Crippen molar-refractivity contribution in [1.29, 1.82) is 0 Å². The van der Waals surface area contributed by atoms with E-state index in [1.165, 1.54) is 18.2 Å². The molecule has 1 rings (SSSR count). The van der Waals surface area contributed by atoms with Gasteiger partial charge in [-0.1, -0.05) is 19.4 Å². The van der Waals surface area contributed by atoms with Crippen LogP contribution in [0, 0.1) is 11.6 Å². The van der Waals surface area contributed by atoms with Gasteiger partial charge in [-0.3, -0.25) is 5.43 Å². The van der Waals surface area contributed by atoms with Gasteiger partial charge in [-0.05, 0) is 30.8 Å². The Bertz CT molecular complexity index is 415. The van der Waals surface area contributed by atoms with Crippen LogP contribution >= 0.6 is 12.2 Å². The lowest BCUT2D eigenvalue weighted by molar-refractivity contribution is 0.580. The smallest absolute Gasteiger partial charge is 0.186 e. The molecule has 0 amide bonds. The Hall–Kier alpha value is -1.56. The van der Waals surface area contributed by atoms with Crippen molar-refractivity contribution in [3.63, 3.8) is 0 Å². The van der Waals surface area contributed by atoms with Gasteiger partial charge in [0.1, 0.15) is 11.6 Å². The van der Waals surface area contributed by atoms with Gasteiger partial charge in [0.2, 0.25) is 0 Å². The minimum Gasteiger partial charge on any atom is -0.361 e. The van der Waals surface area contributed by atoms with Crippen molar-refractivity contribution in [2.24, 2.45) is 5.10 Å². The first-order chi connectivity index (χ1) is 8.65. The molecule has 0 aliphatic carbocycles. The first-order valence-electron chi connectivity index (χ1n) is 5.66. The molecule has 0 saturated heterocycles. The maximum absolute atomic E-state index is 13.2. The van der Waals surface area contributed by atoms with Gasteiger partial charge in [-0.2, -0.15) is 5.10 Å². The summed E-state index contributed by atoms with van der Waals surface area (Å²) in [6.45, 7) is 2.81. The maximum atomic E-state index is 13.2. The van der Waals surface area contributed by atoms with Gasteiger partial charge in [0.15, 0.2) is 5.11 Å². The summed E-state index contributed by atoms with van der Waals surface area (Å²) in [6, 6.07) is 3.64. The molecule has 1 aromatic carbocycles. The Morgan fingerprint density at radius 2 is 2.06 bits per heavy atom. The molecule has 0 heterocycles. The molecule has 98 valence electrons. The van der Waals surface area contributed by atoms with E-state index in [0.29, 0.717) is 5.11 Å². The second-order valence-electron chi connectivity index (χ2n) is 3.61. The third-order valence-electron chi connectivity index (χ3n) is 2.18. The molecule has 1 aromatic rings. The molecular formula is C12H15F2N3S. The third-order valence-corrected chi connectivity index (χ3v) is 2.41. The van der Waals surface area contributed by atoms with Crippen molar-refractivity contribution in [2.45, 2.75) is 19.8 Å². The number of nitrogens with zero attached hydrogens (tertiary/aromatic N) is 1. The summed E-state index contributed by atoms with van der Waals surface area (Å²) < 4.78 is 26.4. The van der Waals surface area contributed by atoms with E-state index in [2.05, 4.69) is 22.8 Å². The molecule has 0 saturated carbocycles. The zero-order chi connectivity index (χ0) is 13.4. The highest BCUT2D eigenvalue weighted by Gasteiger charge is 2.04. The lowest BCUT2D eigenvalue weighted by Crippen LogP contribution is -2.32. The Balaban J connectivity index is 2.47. The van der Waals surface area contributed by atoms with E-state index < -0.39 is 11.6 Å². The van der Waals surface area contributed by atoms with E-state index in [0.717, 1.165) is 25.6 Å². The number of hydrogen-bond donors (Lipinski definition) is 2. The zero-order valence-corrected chi connectivity index (χ0v) is 10.9. The first kappa shape index (κ1) is 14.5. The van der Waals surface area contributed by atoms with E-state index in [4.69, 9.17) is 12.2 Å². The molecule has 6 heteroatoms. The van der Waals surface area contributed by atoms with Crippen LogP contribution in [0.15, 0.2) is 23.3 Å². The second kappa shape index (κ2) is 7.71. The van der Waals surface area contributed by atoms with Crippen LogP contribution in [-0.4, -0.2) is 17.9 Å². The van der Waals surface area contributed by atoms with E-state index in [-0.39, 0.29) is 5.56 Å². The van der Waals surface area contributed by atoms with Crippen LogP contribution in [0.3, 0.4) is 0 Å². The van der Waals surface area contributed by atoms with Gasteiger partial charge < -0.3 is 5.32 Å². The van der Waals surface area contributed by atoms with Gasteiger partial charge in [0.25, 0.3) is 0 Å². The fraction of sp³-hybridized carbons (Fsp3) is 0.333. The molecule has 0 radical (unpaired) electrons. The molecule has 0 unspecified atom stereocenters. The number of thiocarbonyl (C=S) groups is 1. The second-order valence-corrected chi connectivity index (χ2v) is 4.02. The fourth-order valence-corrected chi connectivity index (χ4v) is 1.36. The van der Waals surface area contributed by atoms with Gasteiger partial charge in [0, 0.05) is 6.54 Å². The van der Waals surface area contributed by atoms with Gasteiger partial charge >= 0.3 is 0 Å². The average molecular weight is 271 g/mol. The minimum absolute atomic E-state index is 0.193. The lowest BCUT2D eigenvalue weighted by atomic mass is 10.2. The number of unbranched alkanes of at least 4 members (excludes halogenated alkanes) is 1. The number of hydrogen-bond acceptors (Lipinski definition) is 2. The molecule has 0 spiro atoms. The van der Waals surface area contributed by atoms with Crippen LogP contribution in [0.5, 0.6) is 0 Å². The predicted molar refractivity (Wildman–Crippen MR) is 72.6 cm³/mol. The predicted octanol–water partition coefficient (Wildman–Crippen LogP) is 2.56. The van der Waals surface area contributed by atoms with E-state index in [9.17, 15) is 8.78 Å². The molecular weight excluding hydrogens is 256 g/mol. The number of rotatable bonds is 5. The molecule has 0 aliphatic heterocycles. The van der Waals surface area contributed by atoms with Crippen molar-refractivity contribution in [1.82, 2.24) is 10.7 Å². The van der Waals surface area contributed by atoms with Gasteiger partial charge in [-0.15, -0.1) is 0 Å². The number of hydrazone groups is 1. The van der Waals surface area contributed by atoms with E-state index in [1.54, 1.807) is 0 Å². The van der Waals surface area contributed by atoms with Crippen molar-refractivity contribution in [2.75, 3.05) is 6.54 Å². The summed E-state index contributed by atoms with van der Waals surface area (Å²) >= 11 is 4.92. The highest BCUT2D eigenvalue weighted by atomic mass is 32.1. The molecule has 0 aliphatic rings. The normalized spacial score (nSPS) is 10.6. The number of benzene rings is 1. The lowest BCUT2D eigenvalue weighted by Gasteiger charge is -2.05. The highest BCUT2D eigenvalue weighted by molar-refractivity contribution is 7.80. The van der Waals surface area contributed by atoms with Crippen LogP contribution in [-0.2, 0) is 0 Å². The van der Waals surface area contributed by atoms with Crippen molar-refractivity contribution in [3.05, 3.63) is 35.4 Å². The molecule has 0 fully saturated rings.